The molecule has 1 atom stereocenters. The highest BCUT2D eigenvalue weighted by Crippen LogP contribution is 2.40. The Kier molecular flexibility index (Phi) is 11.7. The van der Waals surface area contributed by atoms with Crippen LogP contribution in [0.4, 0.5) is 0 Å². The predicted octanol–water partition coefficient (Wildman–Crippen LogP) is 8.09. The molecule has 6 aromatic rings. The molecule has 1 N–H and O–H groups in total. The van der Waals surface area contributed by atoms with Crippen molar-refractivity contribution < 1.29 is 9.90 Å². The third-order valence-corrected chi connectivity index (χ3v) is 10.2. The number of likely N-dealkylation sites (N-methyl/N-ethyl adjacent to an activating group) is 1. The zero-order valence-corrected chi connectivity index (χ0v) is 30.8. The summed E-state index contributed by atoms with van der Waals surface area (Å²) in [7, 11) is 2.12. The van der Waals surface area contributed by atoms with Gasteiger partial charge in [-0.2, -0.15) is 0 Å². The first kappa shape index (κ1) is 36.2. The SMILES string of the molecule is CN(CCn1cnc(-c2cc(C(=O)O)ccn2)c1)Cc1ccc(C2CC2)cc1.Clc1ccc([C@H]2CCCN2CCn2cnc(-c3ccccn3)c2)cc1. The van der Waals surface area contributed by atoms with Gasteiger partial charge in [-0.25, -0.2) is 14.8 Å². The van der Waals surface area contributed by atoms with Crippen LogP contribution in [0.5, 0.6) is 0 Å². The molecule has 8 rings (SSSR count). The second-order valence-electron chi connectivity index (χ2n) is 13.9. The lowest BCUT2D eigenvalue weighted by molar-refractivity contribution is 0.0696. The summed E-state index contributed by atoms with van der Waals surface area (Å²) < 4.78 is 4.17. The maximum atomic E-state index is 11.1. The quantitative estimate of drug-likeness (QED) is 0.127. The minimum Gasteiger partial charge on any atom is -0.478 e. The molecular weight excluding hydrogens is 684 g/mol. The van der Waals surface area contributed by atoms with Crippen molar-refractivity contribution in [2.75, 3.05) is 26.7 Å². The first-order valence-corrected chi connectivity index (χ1v) is 18.7. The van der Waals surface area contributed by atoms with Crippen LogP contribution in [0.3, 0.4) is 0 Å². The average molecular weight is 729 g/mol. The van der Waals surface area contributed by atoms with E-state index in [0.717, 1.165) is 61.6 Å². The number of pyridine rings is 2. The molecule has 10 nitrogen and oxygen atoms in total. The van der Waals surface area contributed by atoms with E-state index in [4.69, 9.17) is 16.7 Å². The zero-order valence-electron chi connectivity index (χ0n) is 30.0. The van der Waals surface area contributed by atoms with Gasteiger partial charge >= 0.3 is 5.97 Å². The summed E-state index contributed by atoms with van der Waals surface area (Å²) in [6, 6.07) is 26.7. The van der Waals surface area contributed by atoms with E-state index in [1.54, 1.807) is 18.6 Å². The van der Waals surface area contributed by atoms with Crippen molar-refractivity contribution >= 4 is 17.6 Å². The lowest BCUT2D eigenvalue weighted by Crippen LogP contribution is -2.27. The molecule has 1 aliphatic carbocycles. The van der Waals surface area contributed by atoms with Crippen LogP contribution in [0.25, 0.3) is 22.8 Å². The molecule has 2 aliphatic rings. The van der Waals surface area contributed by atoms with E-state index in [-0.39, 0.29) is 5.56 Å². The summed E-state index contributed by atoms with van der Waals surface area (Å²) in [5.41, 5.74) is 7.47. The van der Waals surface area contributed by atoms with E-state index in [0.29, 0.717) is 17.4 Å². The van der Waals surface area contributed by atoms with Crippen molar-refractivity contribution in [3.63, 3.8) is 0 Å². The van der Waals surface area contributed by atoms with Crippen LogP contribution < -0.4 is 0 Å². The Hall–Kier alpha value is -5.16. The second kappa shape index (κ2) is 17.1. The maximum absolute atomic E-state index is 11.1. The number of rotatable bonds is 13. The van der Waals surface area contributed by atoms with Gasteiger partial charge in [0.15, 0.2) is 0 Å². The van der Waals surface area contributed by atoms with Crippen LogP contribution in [-0.2, 0) is 19.6 Å². The molecule has 53 heavy (non-hydrogen) atoms. The predicted molar refractivity (Wildman–Crippen MR) is 208 cm³/mol. The summed E-state index contributed by atoms with van der Waals surface area (Å²) in [6.07, 6.45) is 16.1. The Morgan fingerprint density at radius 2 is 1.47 bits per heavy atom. The summed E-state index contributed by atoms with van der Waals surface area (Å²) >= 11 is 6.02. The van der Waals surface area contributed by atoms with Gasteiger partial charge in [0, 0.05) is 68.6 Å². The third kappa shape index (κ3) is 9.84. The number of carboxylic acid groups (broad SMARTS) is 1. The molecule has 272 valence electrons. The molecule has 0 radical (unpaired) electrons. The van der Waals surface area contributed by atoms with E-state index in [1.165, 1.54) is 54.6 Å². The zero-order chi connectivity index (χ0) is 36.6. The number of halogens is 1. The number of likely N-dealkylation sites (tertiary alicyclic amines) is 1. The standard InChI is InChI=1S/C22H24N4O2.C20H21ClN4/c1-25(13-16-2-4-17(5-3-16)18-6-7-18)10-11-26-14-21(24-15-26)20-12-19(22(27)28)8-9-23-20;21-17-8-6-16(7-9-17)20-5-3-11-25(20)13-12-24-14-19(23-15-24)18-4-1-2-10-22-18/h2-5,8-9,12,14-15,18H,6-7,10-11,13H2,1H3,(H,27,28);1-2,4,6-10,14-15,20H,3,5,11-13H2/t;20-/m.1/s1. The molecule has 1 saturated heterocycles. The molecular formula is C42H45ClN8O2. The maximum Gasteiger partial charge on any atom is 0.335 e. The Balaban J connectivity index is 0.000000165. The van der Waals surface area contributed by atoms with Gasteiger partial charge < -0.3 is 19.1 Å². The van der Waals surface area contributed by atoms with Crippen LogP contribution in [0, 0.1) is 0 Å². The normalized spacial score (nSPS) is 15.7. The molecule has 0 bridgehead atoms. The number of aromatic carboxylic acids is 1. The van der Waals surface area contributed by atoms with E-state index in [9.17, 15) is 4.79 Å². The Morgan fingerprint density at radius 3 is 2.17 bits per heavy atom. The molecule has 0 amide bonds. The van der Waals surface area contributed by atoms with Crippen LogP contribution in [0.15, 0.2) is 116 Å². The smallest absolute Gasteiger partial charge is 0.335 e. The molecule has 1 saturated carbocycles. The second-order valence-corrected chi connectivity index (χ2v) is 14.4. The summed E-state index contributed by atoms with van der Waals surface area (Å²) in [6.45, 7) is 5.71. The average Bonchev–Trinajstić information content (AvgIpc) is 3.51. The summed E-state index contributed by atoms with van der Waals surface area (Å²) in [5.74, 6) is -0.164. The minimum atomic E-state index is -0.963. The number of hydrogen-bond donors (Lipinski definition) is 1. The highest BCUT2D eigenvalue weighted by molar-refractivity contribution is 6.30. The highest BCUT2D eigenvalue weighted by atomic mass is 35.5. The van der Waals surface area contributed by atoms with Crippen LogP contribution in [0.2, 0.25) is 5.02 Å². The Morgan fingerprint density at radius 1 is 0.774 bits per heavy atom. The number of carboxylic acids is 1. The van der Waals surface area contributed by atoms with E-state index < -0.39 is 5.97 Å². The lowest BCUT2D eigenvalue weighted by Gasteiger charge is -2.25. The molecule has 4 aromatic heterocycles. The summed E-state index contributed by atoms with van der Waals surface area (Å²) in [4.78, 5) is 33.4. The van der Waals surface area contributed by atoms with Gasteiger partial charge in [-0.3, -0.25) is 14.9 Å². The van der Waals surface area contributed by atoms with Crippen molar-refractivity contribution in [1.82, 2.24) is 38.9 Å². The van der Waals surface area contributed by atoms with Gasteiger partial charge in [0.25, 0.3) is 0 Å². The number of nitrogens with zero attached hydrogens (tertiary/aromatic N) is 8. The summed E-state index contributed by atoms with van der Waals surface area (Å²) in [5, 5.41) is 9.91. The Bertz CT molecular complexity index is 2080. The lowest BCUT2D eigenvalue weighted by atomic mass is 10.0. The molecule has 5 heterocycles. The topological polar surface area (TPSA) is 105 Å². The van der Waals surface area contributed by atoms with Gasteiger partial charge in [-0.15, -0.1) is 0 Å². The fraction of sp³-hybridized carbons (Fsp3) is 0.310. The van der Waals surface area contributed by atoms with Crippen molar-refractivity contribution in [1.29, 1.82) is 0 Å². The first-order chi connectivity index (χ1) is 25.9. The molecule has 1 aliphatic heterocycles. The van der Waals surface area contributed by atoms with Gasteiger partial charge in [0.1, 0.15) is 11.4 Å². The molecule has 0 unspecified atom stereocenters. The van der Waals surface area contributed by atoms with Crippen molar-refractivity contribution in [2.45, 2.75) is 57.3 Å². The number of aromatic nitrogens is 6. The largest absolute Gasteiger partial charge is 0.478 e. The van der Waals surface area contributed by atoms with Gasteiger partial charge in [-0.1, -0.05) is 54.1 Å². The van der Waals surface area contributed by atoms with Crippen molar-refractivity contribution in [2.24, 2.45) is 0 Å². The van der Waals surface area contributed by atoms with Crippen LogP contribution in [-0.4, -0.2) is 76.6 Å². The van der Waals surface area contributed by atoms with Gasteiger partial charge in [0.05, 0.1) is 29.6 Å². The number of carbonyl (C=O) groups is 1. The molecule has 2 aromatic carbocycles. The van der Waals surface area contributed by atoms with E-state index in [1.807, 2.05) is 47.4 Å². The van der Waals surface area contributed by atoms with Gasteiger partial charge in [-0.05, 0) is 98.3 Å². The highest BCUT2D eigenvalue weighted by Gasteiger charge is 2.26. The number of hydrogen-bond acceptors (Lipinski definition) is 7. The van der Waals surface area contributed by atoms with E-state index in [2.05, 4.69) is 83.9 Å². The number of imidazole rings is 2. The minimum absolute atomic E-state index is 0.215. The van der Waals surface area contributed by atoms with Gasteiger partial charge in [0.2, 0.25) is 0 Å². The fourth-order valence-electron chi connectivity index (χ4n) is 6.84. The third-order valence-electron chi connectivity index (χ3n) is 9.95. The van der Waals surface area contributed by atoms with E-state index >= 15 is 0 Å². The Labute approximate surface area is 315 Å². The fourth-order valence-corrected chi connectivity index (χ4v) is 6.96. The first-order valence-electron chi connectivity index (χ1n) is 18.3. The molecule has 0 spiro atoms. The monoisotopic (exact) mass is 728 g/mol. The van der Waals surface area contributed by atoms with Crippen molar-refractivity contribution in [3.05, 3.63) is 144 Å². The van der Waals surface area contributed by atoms with Crippen molar-refractivity contribution in [3.8, 4) is 22.8 Å². The molecule has 2 fully saturated rings. The number of benzene rings is 2. The van der Waals surface area contributed by atoms with Crippen LogP contribution >= 0.6 is 11.6 Å². The molecule has 11 heteroatoms. The van der Waals surface area contributed by atoms with Crippen LogP contribution in [0.1, 0.15) is 64.7 Å².